The fourth-order valence-corrected chi connectivity index (χ4v) is 24.1. The third-order valence-corrected chi connectivity index (χ3v) is 33.8. The van der Waals surface area contributed by atoms with Gasteiger partial charge in [0.2, 0.25) is 30.1 Å². The van der Waals surface area contributed by atoms with E-state index in [2.05, 4.69) is 40.4 Å². The van der Waals surface area contributed by atoms with Crippen LogP contribution in [0.3, 0.4) is 0 Å². The molecule has 4 N–H and O–H groups in total. The van der Waals surface area contributed by atoms with Gasteiger partial charge in [-0.1, -0.05) is 81.7 Å². The molecule has 5 heterocycles. The highest BCUT2D eigenvalue weighted by Crippen LogP contribution is 2.50. The van der Waals surface area contributed by atoms with Crippen molar-refractivity contribution in [3.63, 3.8) is 0 Å². The second-order valence-corrected chi connectivity index (χ2v) is 49.6. The van der Waals surface area contributed by atoms with E-state index in [9.17, 15) is 79.2 Å². The van der Waals surface area contributed by atoms with E-state index >= 15 is 0 Å². The molecule has 10 fully saturated rings. The van der Waals surface area contributed by atoms with Gasteiger partial charge in [-0.2, -0.15) is 12.7 Å². The van der Waals surface area contributed by atoms with Gasteiger partial charge in [-0.3, -0.25) is 38.8 Å². The Balaban J connectivity index is 0.000000144. The van der Waals surface area contributed by atoms with Gasteiger partial charge in [0.05, 0.1) is 66.4 Å². The third kappa shape index (κ3) is 30.8. The summed E-state index contributed by atoms with van der Waals surface area (Å²) in [5, 5.41) is 2.69. The number of carbonyl (C=O) groups excluding carboxylic acids is 4. The van der Waals surface area contributed by atoms with Gasteiger partial charge in [-0.05, 0) is 309 Å². The molecule has 5 saturated carbocycles. The maximum atomic E-state index is 15.0. The zero-order chi connectivity index (χ0) is 103. The maximum absolute atomic E-state index is 15.0. The van der Waals surface area contributed by atoms with Crippen molar-refractivity contribution in [2.45, 2.75) is 209 Å². The van der Waals surface area contributed by atoms with Crippen molar-refractivity contribution in [3.05, 3.63) is 253 Å². The summed E-state index contributed by atoms with van der Waals surface area (Å²) in [6.07, 6.45) is 18.7. The minimum absolute atomic E-state index is 0.117. The third-order valence-electron chi connectivity index (χ3n) is 27.8. The predicted octanol–water partition coefficient (Wildman–Crippen LogP) is 20.8. The van der Waals surface area contributed by atoms with Gasteiger partial charge in [-0.25, -0.2) is 70.5 Å². The number of ether oxygens (including phenoxy) is 4. The standard InChI is InChI=1S/C26H31Cl2FN2O4S.C26H30ClF2N3O4S.C26H29ClF2N2O4S.C25H29Cl2FN2O4S/c1-15-4-5-17(13-31(15)16(2)19-8-20(27)10-21(28)9-19)14-35-25-12-24(29)23(11-22(25)18-6-7-18)26(32)30-36(3,33)34;27-23-11-20(28)7-6-19(23)15-31-8-1-3-17(14-31)16-36-25-13-24(29)22(12-21(25)18-4-5-18)26(33)30-37(34,35)32-9-2-10-32;27-23-10-19(28)6-5-18(23)14-31-9-1-2-16(13-31)15-35-25-12-24(29)22(11-21(25)17-3-4-17)26(32)30-36(33,34)20-7-8-20;1-15-3-4-16(12-30(15)13-17-7-19(26)9-20(27)8-17)14-34-24-11-23(28)22(10-21(24)18-5-6-18)25(31)29-35(2,32)33/h8-12,15-18H,4-7,13-14H2,1-3H3,(H,30,32);6-7,11-13,17-18H,1-5,8-10,14-16H2,(H,30,33);5-6,10-12,16-17,20H,1-4,7-9,13-15H2,(H,30,32);7-11,15-16,18H,3-6,12-14H2,1-2H3,(H,29,31)/t15-,16+,17-;17-;16-;15-,16-/m1001/s1. The molecule has 10 aliphatic rings. The second-order valence-electron chi connectivity index (χ2n) is 39.9. The molecule has 0 radical (unpaired) electrons. The molecule has 0 spiro atoms. The highest BCUT2D eigenvalue weighted by Gasteiger charge is 2.42. The van der Waals surface area contributed by atoms with Crippen LogP contribution in [0.15, 0.2) is 121 Å². The summed E-state index contributed by atoms with van der Waals surface area (Å²) < 4.78 is 214. The molecule has 5 aliphatic carbocycles. The minimum Gasteiger partial charge on any atom is -0.493 e. The molecule has 0 unspecified atom stereocenters. The summed E-state index contributed by atoms with van der Waals surface area (Å²) in [5.74, 6) is -4.50. The van der Waals surface area contributed by atoms with Crippen molar-refractivity contribution in [2.24, 2.45) is 23.7 Å². The van der Waals surface area contributed by atoms with Crippen molar-refractivity contribution in [1.29, 1.82) is 0 Å². The van der Waals surface area contributed by atoms with Gasteiger partial charge in [-0.15, -0.1) is 0 Å². The smallest absolute Gasteiger partial charge is 0.304 e. The molecule has 5 aliphatic heterocycles. The molecule has 18 rings (SSSR count). The van der Waals surface area contributed by atoms with Crippen molar-refractivity contribution in [3.8, 4) is 23.0 Å². The average molecular weight is 2190 g/mol. The molecule has 8 aromatic rings. The van der Waals surface area contributed by atoms with Crippen LogP contribution in [0.2, 0.25) is 30.1 Å². The quantitative estimate of drug-likeness (QED) is 0.0272. The molecular weight excluding hydrogens is 2070 g/mol. The van der Waals surface area contributed by atoms with E-state index in [-0.39, 0.29) is 87.3 Å². The number of hydrogen-bond donors (Lipinski definition) is 4. The monoisotopic (exact) mass is 2190 g/mol. The Morgan fingerprint density at radius 1 is 0.382 bits per heavy atom. The second kappa shape index (κ2) is 47.7. The fourth-order valence-electron chi connectivity index (χ4n) is 19.1. The summed E-state index contributed by atoms with van der Waals surface area (Å²) in [6, 6.07) is 31.5. The van der Waals surface area contributed by atoms with E-state index in [0.29, 0.717) is 131 Å². The Morgan fingerprint density at radius 2 is 0.736 bits per heavy atom. The molecule has 41 heteroatoms. The first kappa shape index (κ1) is 110. The van der Waals surface area contributed by atoms with Gasteiger partial charge < -0.3 is 18.9 Å². The highest BCUT2D eigenvalue weighted by molar-refractivity contribution is 7.91. The van der Waals surface area contributed by atoms with Gasteiger partial charge in [0.1, 0.15) is 57.9 Å². The molecule has 0 aromatic heterocycles. The number of halogens is 12. The first-order valence-corrected chi connectivity index (χ1v) is 57.8. The van der Waals surface area contributed by atoms with E-state index in [1.165, 1.54) is 72.8 Å². The summed E-state index contributed by atoms with van der Waals surface area (Å²) in [7, 11) is -15.3. The summed E-state index contributed by atoms with van der Waals surface area (Å²) in [4.78, 5) is 59.0. The molecule has 7 atom stereocenters. The Hall–Kier alpha value is -8.24. The molecular formula is C103H119Cl6F6N9O16S4. The zero-order valence-electron chi connectivity index (χ0n) is 80.5. The van der Waals surface area contributed by atoms with Gasteiger partial charge in [0.15, 0.2) is 0 Å². The molecule has 4 amide bonds. The van der Waals surface area contributed by atoms with E-state index < -0.39 is 92.4 Å². The lowest BCUT2D eigenvalue weighted by molar-refractivity contribution is 0.0584. The van der Waals surface area contributed by atoms with Crippen LogP contribution in [-0.4, -0.2) is 190 Å². The largest absolute Gasteiger partial charge is 0.493 e. The first-order valence-electron chi connectivity index (χ1n) is 48.8. The molecule has 144 heavy (non-hydrogen) atoms. The van der Waals surface area contributed by atoms with Crippen LogP contribution < -0.4 is 37.8 Å². The van der Waals surface area contributed by atoms with Crippen molar-refractivity contribution >= 4 is 134 Å². The predicted molar refractivity (Wildman–Crippen MR) is 544 cm³/mol. The topological polar surface area (TPSA) is 306 Å². The lowest BCUT2D eigenvalue weighted by atomic mass is 9.91. The van der Waals surface area contributed by atoms with Crippen LogP contribution in [-0.2, 0) is 59.9 Å². The Bertz CT molecular complexity index is 6530. The Morgan fingerprint density at radius 3 is 1.09 bits per heavy atom. The number of nitrogens with zero attached hydrogens (tertiary/aromatic N) is 5. The first-order chi connectivity index (χ1) is 68.3. The lowest BCUT2D eigenvalue weighted by Gasteiger charge is -2.42. The Kier molecular flexibility index (Phi) is 36.4. The van der Waals surface area contributed by atoms with Gasteiger partial charge in [0, 0.05) is 155 Å². The van der Waals surface area contributed by atoms with Gasteiger partial charge >= 0.3 is 10.2 Å². The number of rotatable bonds is 34. The van der Waals surface area contributed by atoms with E-state index in [0.717, 1.165) is 216 Å². The highest BCUT2D eigenvalue weighted by atomic mass is 35.5. The van der Waals surface area contributed by atoms with Crippen LogP contribution in [0.5, 0.6) is 23.0 Å². The van der Waals surface area contributed by atoms with Crippen LogP contribution >= 0.6 is 69.6 Å². The number of carbonyl (C=O) groups is 4. The molecule has 25 nitrogen and oxygen atoms in total. The average Bonchev–Trinajstić information content (AvgIpc) is 1.70. The van der Waals surface area contributed by atoms with E-state index in [4.69, 9.17) is 88.6 Å². The SMILES string of the molecule is C[C@@H]1CC[C@@H](COc2cc(F)c(C(=O)NS(C)(=O)=O)cc2C2CC2)CN1Cc1cc(Cl)cc(Cl)c1.C[C@@H]1CC[C@@H](COc2cc(F)c(C(=O)NS(C)(=O)=O)cc2C2CC2)CN1[C@@H](C)c1cc(Cl)cc(Cl)c1.O=C(NS(=O)(=O)C1CC1)c1cc(C2CC2)c(OC[C@H]2CCCN(Cc3ccc(F)cc3Cl)C2)cc1F.O=C(NS(=O)(=O)N1CCC1)c1cc(C2CC2)c(OC[C@H]2CCCN(Cc3ccc(F)cc3Cl)C2)cc1F. The number of sulfonamides is 3. The molecule has 780 valence electrons. The lowest BCUT2D eigenvalue weighted by Crippen LogP contribution is -2.49. The number of nitrogens with one attached hydrogen (secondary N) is 4. The number of piperidine rings is 4. The van der Waals surface area contributed by atoms with Crippen LogP contribution in [0.25, 0.3) is 0 Å². The molecule has 8 aromatic carbocycles. The van der Waals surface area contributed by atoms with Crippen molar-refractivity contribution in [2.75, 3.05) is 91.3 Å². The van der Waals surface area contributed by atoms with Gasteiger partial charge in [0.25, 0.3) is 23.6 Å². The van der Waals surface area contributed by atoms with Crippen LogP contribution in [0.4, 0.5) is 26.3 Å². The number of hydrogen-bond acceptors (Lipinski definition) is 20. The molecule has 0 bridgehead atoms. The summed E-state index contributed by atoms with van der Waals surface area (Å²) in [5.41, 5.74) is 5.69. The molecule has 5 saturated heterocycles. The van der Waals surface area contributed by atoms with Crippen LogP contribution in [0.1, 0.15) is 258 Å². The summed E-state index contributed by atoms with van der Waals surface area (Å²) >= 11 is 37.2. The van der Waals surface area contributed by atoms with Crippen LogP contribution in [0, 0.1) is 58.6 Å². The summed E-state index contributed by atoms with van der Waals surface area (Å²) in [6.45, 7) is 15.8. The number of benzene rings is 8. The number of amides is 4. The van der Waals surface area contributed by atoms with E-state index in [1.54, 1.807) is 24.3 Å². The normalized spacial score (nSPS) is 21.1. The number of likely N-dealkylation sites (tertiary alicyclic amines) is 4. The maximum Gasteiger partial charge on any atom is 0.304 e. The Labute approximate surface area is 868 Å². The fraction of sp³-hybridized carbons (Fsp3) is 0.495. The van der Waals surface area contributed by atoms with Crippen molar-refractivity contribution < 1.29 is 98.1 Å². The zero-order valence-corrected chi connectivity index (χ0v) is 88.3. The minimum atomic E-state index is -3.97. The van der Waals surface area contributed by atoms with E-state index in [1.807, 2.05) is 43.2 Å². The van der Waals surface area contributed by atoms with Crippen molar-refractivity contribution in [1.82, 2.24) is 42.8 Å².